The second-order valence-electron chi connectivity index (χ2n) is 5.83. The minimum Gasteiger partial charge on any atom is -0.548 e. The van der Waals surface area contributed by atoms with Gasteiger partial charge < -0.3 is 19.5 Å². The van der Waals surface area contributed by atoms with E-state index in [1.165, 1.54) is 6.92 Å². The summed E-state index contributed by atoms with van der Waals surface area (Å²) in [5, 5.41) is 17.5. The maximum absolute atomic E-state index is 12.7. The molecule has 130 valence electrons. The third-order valence-corrected chi connectivity index (χ3v) is 7.21. The van der Waals surface area contributed by atoms with Gasteiger partial charge in [-0.1, -0.05) is 5.21 Å². The predicted molar refractivity (Wildman–Crippen MR) is 72.7 cm³/mol. The average molecular weight is 380 g/mol. The Morgan fingerprint density at radius 1 is 1.48 bits per heavy atom. The fourth-order valence-corrected chi connectivity index (χ4v) is 5.52. The molecule has 3 heterocycles. The third kappa shape index (κ3) is 2.67. The number of hydrogen-bond acceptors (Lipinski definition) is 9. The van der Waals surface area contributed by atoms with Crippen LogP contribution in [0.3, 0.4) is 0 Å². The molecule has 0 saturated carbocycles. The fraction of sp³-hybridized carbons (Fsp3) is 0.583. The largest absolute Gasteiger partial charge is 1.00 e. The molecule has 0 unspecified atom stereocenters. The van der Waals surface area contributed by atoms with Crippen LogP contribution in [0.1, 0.15) is 23.8 Å². The number of nitrogens with zero attached hydrogens (tertiary/aromatic N) is 4. The molecule has 2 aliphatic rings. The summed E-state index contributed by atoms with van der Waals surface area (Å²) >= 11 is 0. The van der Waals surface area contributed by atoms with E-state index in [0.29, 0.717) is 0 Å². The number of carboxylic acids is 1. The zero-order valence-corrected chi connectivity index (χ0v) is 16.5. The van der Waals surface area contributed by atoms with Crippen molar-refractivity contribution >= 4 is 27.7 Å². The fourth-order valence-electron chi connectivity index (χ4n) is 3.17. The number of methoxy groups -OCH3 is 1. The van der Waals surface area contributed by atoms with Gasteiger partial charge in [-0.15, -0.1) is 5.10 Å². The maximum atomic E-state index is 12.7. The Balaban J connectivity index is 0.00000225. The van der Waals surface area contributed by atoms with Crippen LogP contribution in [0.2, 0.25) is 0 Å². The average Bonchev–Trinajstić information content (AvgIpc) is 3.00. The number of sulfone groups is 1. The Hall–Kier alpha value is -1.50. The molecule has 2 saturated heterocycles. The number of β-lactam (4-membered cyclic amide) rings is 1. The van der Waals surface area contributed by atoms with Gasteiger partial charge >= 0.3 is 35.5 Å². The molecule has 0 aromatic carbocycles. The number of aliphatic carboxylic acids is 1. The summed E-state index contributed by atoms with van der Waals surface area (Å²) in [4.78, 5) is 35.4. The predicted octanol–water partition coefficient (Wildman–Crippen LogP) is -6.07. The van der Waals surface area contributed by atoms with Crippen LogP contribution in [0.5, 0.6) is 0 Å². The molecule has 0 N–H and O–H groups in total. The first-order valence-electron chi connectivity index (χ1n) is 6.87. The number of ether oxygens (including phenoxy) is 1. The van der Waals surface area contributed by atoms with Gasteiger partial charge in [0.2, 0.25) is 5.91 Å². The van der Waals surface area contributed by atoms with Crippen molar-refractivity contribution in [3.05, 3.63) is 11.9 Å². The van der Waals surface area contributed by atoms with Crippen molar-refractivity contribution in [3.8, 4) is 0 Å². The van der Waals surface area contributed by atoms with Gasteiger partial charge in [0.15, 0.2) is 15.5 Å². The maximum Gasteiger partial charge on any atom is 1.00 e. The van der Waals surface area contributed by atoms with Crippen LogP contribution in [0.4, 0.5) is 0 Å². The zero-order valence-electron chi connectivity index (χ0n) is 13.7. The molecule has 11 nitrogen and oxygen atoms in total. The van der Waals surface area contributed by atoms with Crippen LogP contribution in [-0.4, -0.2) is 69.4 Å². The Morgan fingerprint density at radius 3 is 2.64 bits per heavy atom. The van der Waals surface area contributed by atoms with Gasteiger partial charge in [0.05, 0.1) is 38.3 Å². The SMILES string of the molecule is COC(=O)c1cn(C[C@@]2(C)[C@H](C(=O)[O-])N3C(=O)C[C@H]3S2(=O)=O)nn1.[Na+]. The molecule has 1 aromatic rings. The van der Waals surface area contributed by atoms with Gasteiger partial charge in [-0.25, -0.2) is 17.9 Å². The summed E-state index contributed by atoms with van der Waals surface area (Å²) in [5.41, 5.74) is -0.152. The van der Waals surface area contributed by atoms with Crippen LogP contribution in [0.25, 0.3) is 0 Å². The van der Waals surface area contributed by atoms with Crippen molar-refractivity contribution in [2.75, 3.05) is 7.11 Å². The van der Waals surface area contributed by atoms with E-state index in [4.69, 9.17) is 0 Å². The topological polar surface area (TPSA) is 152 Å². The van der Waals surface area contributed by atoms with Crippen molar-refractivity contribution in [1.82, 2.24) is 19.9 Å². The normalized spacial score (nSPS) is 29.4. The molecule has 25 heavy (non-hydrogen) atoms. The first kappa shape index (κ1) is 19.8. The molecule has 2 aliphatic heterocycles. The minimum atomic E-state index is -3.99. The van der Waals surface area contributed by atoms with Gasteiger partial charge in [-0.3, -0.25) is 4.79 Å². The zero-order chi connectivity index (χ0) is 17.9. The Labute approximate surface area is 164 Å². The molecule has 3 atom stereocenters. The number of hydrogen-bond donors (Lipinski definition) is 0. The molecule has 13 heteroatoms. The number of esters is 1. The number of carboxylic acid groups (broad SMARTS) is 1. The Bertz CT molecular complexity index is 853. The van der Waals surface area contributed by atoms with Crippen LogP contribution in [0.15, 0.2) is 6.20 Å². The monoisotopic (exact) mass is 380 g/mol. The van der Waals surface area contributed by atoms with Crippen LogP contribution < -0.4 is 34.7 Å². The van der Waals surface area contributed by atoms with E-state index in [1.807, 2.05) is 0 Å². The summed E-state index contributed by atoms with van der Waals surface area (Å²) in [6.45, 7) is 0.812. The molecule has 1 amide bonds. The van der Waals surface area contributed by atoms with Crippen LogP contribution >= 0.6 is 0 Å². The summed E-state index contributed by atoms with van der Waals surface area (Å²) < 4.78 is 29.1. The Morgan fingerprint density at radius 2 is 2.12 bits per heavy atom. The molecule has 0 bridgehead atoms. The number of carbonyl (C=O) groups is 3. The molecule has 3 rings (SSSR count). The number of aromatic nitrogens is 3. The van der Waals surface area contributed by atoms with E-state index in [-0.39, 0.29) is 41.7 Å². The van der Waals surface area contributed by atoms with Gasteiger partial charge in [0.1, 0.15) is 10.1 Å². The third-order valence-electron chi connectivity index (χ3n) is 4.44. The van der Waals surface area contributed by atoms with Crippen LogP contribution in [-0.2, 0) is 30.7 Å². The summed E-state index contributed by atoms with van der Waals surface area (Å²) in [5.74, 6) is -2.99. The van der Waals surface area contributed by atoms with E-state index in [0.717, 1.165) is 22.9 Å². The number of amides is 1. The van der Waals surface area contributed by atoms with Gasteiger partial charge in [-0.05, 0) is 6.92 Å². The first-order valence-corrected chi connectivity index (χ1v) is 8.42. The second kappa shape index (κ2) is 6.34. The van der Waals surface area contributed by atoms with E-state index in [9.17, 15) is 27.9 Å². The first-order chi connectivity index (χ1) is 11.1. The molecule has 2 fully saturated rings. The molecular formula is C12H13N4NaO7S. The molecular weight excluding hydrogens is 367 g/mol. The van der Waals surface area contributed by atoms with Gasteiger partial charge in [-0.2, -0.15) is 0 Å². The summed E-state index contributed by atoms with van der Waals surface area (Å²) in [6, 6.07) is -1.64. The minimum absolute atomic E-state index is 0. The van der Waals surface area contributed by atoms with E-state index < -0.39 is 50.4 Å². The molecule has 0 aliphatic carbocycles. The van der Waals surface area contributed by atoms with Crippen molar-refractivity contribution in [2.24, 2.45) is 0 Å². The summed E-state index contributed by atoms with van der Waals surface area (Å²) in [7, 11) is -2.84. The second-order valence-corrected chi connectivity index (χ2v) is 8.40. The molecule has 1 aromatic heterocycles. The van der Waals surface area contributed by atoms with Crippen LogP contribution in [0, 0.1) is 0 Å². The quantitative estimate of drug-likeness (QED) is 0.282. The number of fused-ring (bicyclic) bond motifs is 1. The van der Waals surface area contributed by atoms with Gasteiger partial charge in [0.25, 0.3) is 0 Å². The van der Waals surface area contributed by atoms with Crippen molar-refractivity contribution < 1.29 is 62.2 Å². The van der Waals surface area contributed by atoms with E-state index >= 15 is 0 Å². The van der Waals surface area contributed by atoms with E-state index in [1.54, 1.807) is 0 Å². The smallest absolute Gasteiger partial charge is 0.548 e. The van der Waals surface area contributed by atoms with Gasteiger partial charge in [0, 0.05) is 0 Å². The summed E-state index contributed by atoms with van der Waals surface area (Å²) in [6.07, 6.45) is 0.892. The standard InChI is InChI=1S/C12H14N4O7S.Na/c1-12(5-15-4-6(13-14-15)11(20)23-2)9(10(18)19)16-7(17)3-8(16)24(12,21)22;/h4,8-9H,3,5H2,1-2H3,(H,18,19);/q;+1/p-1/t8-,9+,12+;/m1./s1. The molecule has 0 spiro atoms. The van der Waals surface area contributed by atoms with E-state index in [2.05, 4.69) is 15.0 Å². The number of carbonyl (C=O) groups excluding carboxylic acids is 3. The van der Waals surface area contributed by atoms with Crippen molar-refractivity contribution in [1.29, 1.82) is 0 Å². The molecule has 0 radical (unpaired) electrons. The Kier molecular flexibility index (Phi) is 5.03. The van der Waals surface area contributed by atoms with Crippen molar-refractivity contribution in [2.45, 2.75) is 36.1 Å². The van der Waals surface area contributed by atoms with Crippen molar-refractivity contribution in [3.63, 3.8) is 0 Å². The number of rotatable bonds is 4.